The van der Waals surface area contributed by atoms with E-state index in [1.165, 1.54) is 16.7 Å². The minimum Gasteiger partial charge on any atom is -0.347 e. The minimum absolute atomic E-state index is 0.0491. The van der Waals surface area contributed by atoms with Crippen molar-refractivity contribution in [3.63, 3.8) is 0 Å². The maximum absolute atomic E-state index is 11.8. The third-order valence-electron chi connectivity index (χ3n) is 4.94. The Balaban J connectivity index is 1.74. The van der Waals surface area contributed by atoms with Crippen LogP contribution in [0.5, 0.6) is 0 Å². The molecule has 0 radical (unpaired) electrons. The number of carbonyl (C=O) groups excluding carboxylic acids is 1. The van der Waals surface area contributed by atoms with Crippen molar-refractivity contribution in [3.8, 4) is 0 Å². The molecule has 3 rings (SSSR count). The molecule has 3 heteroatoms. The van der Waals surface area contributed by atoms with Crippen LogP contribution in [0.15, 0.2) is 54.6 Å². The van der Waals surface area contributed by atoms with Crippen LogP contribution in [0.25, 0.3) is 0 Å². The van der Waals surface area contributed by atoms with Crippen LogP contribution in [0, 0.1) is 6.92 Å². The van der Waals surface area contributed by atoms with E-state index >= 15 is 0 Å². The normalized spacial score (nSPS) is 17.4. The van der Waals surface area contributed by atoms with Gasteiger partial charge < -0.3 is 5.32 Å². The zero-order chi connectivity index (χ0) is 17.0. The van der Waals surface area contributed by atoms with Crippen LogP contribution in [0.2, 0.25) is 0 Å². The van der Waals surface area contributed by atoms with Crippen LogP contribution in [-0.4, -0.2) is 23.9 Å². The Morgan fingerprint density at radius 3 is 2.42 bits per heavy atom. The number of nitrogens with one attached hydrogen (secondary N) is 1. The molecular formula is C21H26N2O. The van der Waals surface area contributed by atoms with Gasteiger partial charge in [0.25, 0.3) is 0 Å². The van der Waals surface area contributed by atoms with Gasteiger partial charge in [0, 0.05) is 26.6 Å². The van der Waals surface area contributed by atoms with E-state index in [2.05, 4.69) is 71.7 Å². The number of hydrogen-bond donors (Lipinski definition) is 1. The molecule has 0 saturated carbocycles. The van der Waals surface area contributed by atoms with Gasteiger partial charge in [0.2, 0.25) is 5.91 Å². The molecule has 1 fully saturated rings. The zero-order valence-electron chi connectivity index (χ0n) is 14.6. The van der Waals surface area contributed by atoms with E-state index in [0.717, 1.165) is 32.5 Å². The molecule has 126 valence electrons. The van der Waals surface area contributed by atoms with Crippen LogP contribution in [0.3, 0.4) is 0 Å². The first-order valence-electron chi connectivity index (χ1n) is 8.70. The number of amides is 1. The fourth-order valence-electron chi connectivity index (χ4n) is 3.70. The molecule has 1 aliphatic rings. The molecule has 2 aromatic rings. The third-order valence-corrected chi connectivity index (χ3v) is 4.94. The predicted molar refractivity (Wildman–Crippen MR) is 97.6 cm³/mol. The lowest BCUT2D eigenvalue weighted by atomic mass is 9.80. The molecule has 0 unspecified atom stereocenters. The minimum atomic E-state index is -0.231. The molecule has 3 nitrogen and oxygen atoms in total. The summed E-state index contributed by atoms with van der Waals surface area (Å²) < 4.78 is 0. The number of benzene rings is 2. The van der Waals surface area contributed by atoms with E-state index in [-0.39, 0.29) is 11.4 Å². The molecular weight excluding hydrogens is 296 g/mol. The highest BCUT2D eigenvalue weighted by atomic mass is 16.1. The van der Waals surface area contributed by atoms with Gasteiger partial charge in [-0.1, -0.05) is 60.2 Å². The first-order valence-corrected chi connectivity index (χ1v) is 8.70. The van der Waals surface area contributed by atoms with Gasteiger partial charge in [-0.05, 0) is 30.9 Å². The second-order valence-corrected chi connectivity index (χ2v) is 6.89. The summed E-state index contributed by atoms with van der Waals surface area (Å²) in [5.41, 5.74) is 3.59. The third kappa shape index (κ3) is 3.85. The highest BCUT2D eigenvalue weighted by molar-refractivity contribution is 5.74. The Morgan fingerprint density at radius 2 is 1.79 bits per heavy atom. The van der Waals surface area contributed by atoms with Crippen LogP contribution in [0.4, 0.5) is 0 Å². The van der Waals surface area contributed by atoms with Gasteiger partial charge in [0.05, 0.1) is 5.54 Å². The van der Waals surface area contributed by atoms with Gasteiger partial charge in [-0.3, -0.25) is 9.69 Å². The van der Waals surface area contributed by atoms with E-state index in [9.17, 15) is 4.79 Å². The van der Waals surface area contributed by atoms with Gasteiger partial charge in [-0.2, -0.15) is 0 Å². The first-order chi connectivity index (χ1) is 11.6. The van der Waals surface area contributed by atoms with Gasteiger partial charge in [-0.15, -0.1) is 0 Å². The molecule has 1 amide bonds. The summed E-state index contributed by atoms with van der Waals surface area (Å²) in [5.74, 6) is 0.0491. The van der Waals surface area contributed by atoms with E-state index in [1.54, 1.807) is 6.92 Å². The van der Waals surface area contributed by atoms with Crippen molar-refractivity contribution in [2.24, 2.45) is 0 Å². The molecule has 0 aromatic heterocycles. The van der Waals surface area contributed by atoms with Crippen LogP contribution in [0.1, 0.15) is 36.5 Å². The predicted octanol–water partition coefficient (Wildman–Crippen LogP) is 3.62. The zero-order valence-corrected chi connectivity index (χ0v) is 14.6. The van der Waals surface area contributed by atoms with Crippen LogP contribution < -0.4 is 5.32 Å². The summed E-state index contributed by atoms with van der Waals surface area (Å²) in [6.45, 7) is 6.68. The number of piperidine rings is 1. The largest absolute Gasteiger partial charge is 0.347 e. The SMILES string of the molecule is CC(=O)NC1(c2cccc(C)c2)CCN(Cc2ccccc2)CC1. The smallest absolute Gasteiger partial charge is 0.217 e. The van der Waals surface area contributed by atoms with Crippen molar-refractivity contribution in [2.75, 3.05) is 13.1 Å². The molecule has 2 aromatic carbocycles. The van der Waals surface area contributed by atoms with Crippen molar-refractivity contribution in [2.45, 2.75) is 38.8 Å². The Hall–Kier alpha value is -2.13. The van der Waals surface area contributed by atoms with E-state index in [0.29, 0.717) is 0 Å². The van der Waals surface area contributed by atoms with E-state index < -0.39 is 0 Å². The number of nitrogens with zero attached hydrogens (tertiary/aromatic N) is 1. The fraction of sp³-hybridized carbons (Fsp3) is 0.381. The summed E-state index contributed by atoms with van der Waals surface area (Å²) in [4.78, 5) is 14.3. The fourth-order valence-corrected chi connectivity index (χ4v) is 3.70. The lowest BCUT2D eigenvalue weighted by molar-refractivity contribution is -0.121. The number of hydrogen-bond acceptors (Lipinski definition) is 2. The molecule has 0 bridgehead atoms. The van der Waals surface area contributed by atoms with Crippen molar-refractivity contribution in [3.05, 3.63) is 71.3 Å². The standard InChI is InChI=1S/C21H26N2O/c1-17-7-6-10-20(15-17)21(22-18(2)24)11-13-23(14-12-21)16-19-8-4-3-5-9-19/h3-10,15H,11-14,16H2,1-2H3,(H,22,24). The topological polar surface area (TPSA) is 32.3 Å². The summed E-state index contributed by atoms with van der Waals surface area (Å²) in [5, 5.41) is 3.26. The lowest BCUT2D eigenvalue weighted by Crippen LogP contribution is -2.52. The lowest BCUT2D eigenvalue weighted by Gasteiger charge is -2.43. The molecule has 1 saturated heterocycles. The van der Waals surface area contributed by atoms with Crippen LogP contribution >= 0.6 is 0 Å². The highest BCUT2D eigenvalue weighted by Gasteiger charge is 2.36. The van der Waals surface area contributed by atoms with Crippen molar-refractivity contribution in [1.82, 2.24) is 10.2 Å². The number of aryl methyl sites for hydroxylation is 1. The van der Waals surface area contributed by atoms with E-state index in [1.807, 2.05) is 0 Å². The van der Waals surface area contributed by atoms with Gasteiger partial charge in [-0.25, -0.2) is 0 Å². The van der Waals surface area contributed by atoms with Crippen molar-refractivity contribution in [1.29, 1.82) is 0 Å². The van der Waals surface area contributed by atoms with E-state index in [4.69, 9.17) is 0 Å². The highest BCUT2D eigenvalue weighted by Crippen LogP contribution is 2.34. The summed E-state index contributed by atoms with van der Waals surface area (Å²) in [6.07, 6.45) is 1.89. The first kappa shape index (κ1) is 16.7. The molecule has 1 N–H and O–H groups in total. The second-order valence-electron chi connectivity index (χ2n) is 6.89. The van der Waals surface area contributed by atoms with Gasteiger partial charge >= 0.3 is 0 Å². The maximum atomic E-state index is 11.8. The molecule has 1 heterocycles. The summed E-state index contributed by atoms with van der Waals surface area (Å²) >= 11 is 0. The Morgan fingerprint density at radius 1 is 1.08 bits per heavy atom. The molecule has 24 heavy (non-hydrogen) atoms. The monoisotopic (exact) mass is 322 g/mol. The van der Waals surface area contributed by atoms with Gasteiger partial charge in [0.15, 0.2) is 0 Å². The molecule has 1 aliphatic heterocycles. The van der Waals surface area contributed by atoms with Crippen molar-refractivity contribution < 1.29 is 4.79 Å². The Bertz CT molecular complexity index is 688. The van der Waals surface area contributed by atoms with Gasteiger partial charge in [0.1, 0.15) is 0 Å². The second kappa shape index (κ2) is 7.18. The maximum Gasteiger partial charge on any atom is 0.217 e. The average Bonchev–Trinajstić information content (AvgIpc) is 2.57. The molecule has 0 spiro atoms. The number of carbonyl (C=O) groups is 1. The Labute approximate surface area is 144 Å². The van der Waals surface area contributed by atoms with Crippen LogP contribution in [-0.2, 0) is 16.9 Å². The number of likely N-dealkylation sites (tertiary alicyclic amines) is 1. The number of rotatable bonds is 4. The molecule has 0 aliphatic carbocycles. The quantitative estimate of drug-likeness (QED) is 0.932. The Kier molecular flexibility index (Phi) is 5.00. The summed E-state index contributed by atoms with van der Waals surface area (Å²) in [7, 11) is 0. The molecule has 0 atom stereocenters. The average molecular weight is 322 g/mol. The summed E-state index contributed by atoms with van der Waals surface area (Å²) in [6, 6.07) is 19.1. The van der Waals surface area contributed by atoms with Crippen molar-refractivity contribution >= 4 is 5.91 Å².